The normalized spacial score (nSPS) is 11.0. The Morgan fingerprint density at radius 2 is 1.41 bits per heavy atom. The number of nitrogens with one attached hydrogen (secondary N) is 1. The van der Waals surface area contributed by atoms with Crippen LogP contribution < -0.4 is 14.8 Å². The number of aromatic nitrogens is 1. The molecule has 5 rings (SSSR count). The zero-order valence-electron chi connectivity index (χ0n) is 20.4. The lowest BCUT2D eigenvalue weighted by Crippen LogP contribution is -2.13. The van der Waals surface area contributed by atoms with E-state index >= 15 is 0 Å². The summed E-state index contributed by atoms with van der Waals surface area (Å²) in [6, 6.07) is 31.7. The molecule has 0 saturated carbocycles. The number of carbonyl (C=O) groups excluding carboxylic acids is 1. The highest BCUT2D eigenvalue weighted by Crippen LogP contribution is 2.33. The number of nitrogens with zero attached hydrogens (tertiary/aromatic N) is 3. The molecule has 5 aromatic rings. The number of benzene rings is 4. The van der Waals surface area contributed by atoms with Crippen molar-refractivity contribution in [2.45, 2.75) is 0 Å². The minimum absolute atomic E-state index is 0.237. The molecule has 7 heteroatoms. The molecule has 1 N–H and O–H groups in total. The fraction of sp³-hybridized carbons (Fsp3) is 0.0667. The second kappa shape index (κ2) is 10.7. The average Bonchev–Trinajstić information content (AvgIpc) is 2.96. The molecule has 0 aliphatic heterocycles. The Balaban J connectivity index is 1.43. The van der Waals surface area contributed by atoms with E-state index in [0.717, 1.165) is 22.2 Å². The van der Waals surface area contributed by atoms with Crippen molar-refractivity contribution < 1.29 is 14.3 Å². The van der Waals surface area contributed by atoms with Crippen molar-refractivity contribution >= 4 is 33.9 Å². The van der Waals surface area contributed by atoms with Crippen molar-refractivity contribution in [1.29, 1.82) is 0 Å². The van der Waals surface area contributed by atoms with E-state index in [9.17, 15) is 4.79 Å². The molecule has 182 valence electrons. The Bertz CT molecular complexity index is 1580. The van der Waals surface area contributed by atoms with Crippen LogP contribution in [0.5, 0.6) is 11.5 Å². The van der Waals surface area contributed by atoms with E-state index in [0.29, 0.717) is 34.1 Å². The summed E-state index contributed by atoms with van der Waals surface area (Å²) in [5, 5.41) is 12.2. The van der Waals surface area contributed by atoms with Gasteiger partial charge in [0.25, 0.3) is 5.91 Å². The first-order valence-corrected chi connectivity index (χ1v) is 11.6. The zero-order valence-corrected chi connectivity index (χ0v) is 20.4. The minimum Gasteiger partial charge on any atom is -0.493 e. The van der Waals surface area contributed by atoms with E-state index < -0.39 is 0 Å². The lowest BCUT2D eigenvalue weighted by atomic mass is 10.0. The van der Waals surface area contributed by atoms with Crippen molar-refractivity contribution in [2.75, 3.05) is 19.5 Å². The quantitative estimate of drug-likeness (QED) is 0.239. The van der Waals surface area contributed by atoms with Gasteiger partial charge in [0.15, 0.2) is 11.5 Å². The van der Waals surface area contributed by atoms with E-state index in [1.54, 1.807) is 32.4 Å². The highest BCUT2D eigenvalue weighted by molar-refractivity contribution is 6.13. The van der Waals surface area contributed by atoms with Crippen LogP contribution in [0.1, 0.15) is 10.4 Å². The molecule has 7 nitrogen and oxygen atoms in total. The van der Waals surface area contributed by atoms with Gasteiger partial charge in [-0.15, -0.1) is 0 Å². The van der Waals surface area contributed by atoms with Crippen molar-refractivity contribution in [3.05, 3.63) is 109 Å². The van der Waals surface area contributed by atoms with Crippen molar-refractivity contribution in [3.8, 4) is 22.8 Å². The zero-order chi connectivity index (χ0) is 25.6. The molecule has 1 amide bonds. The predicted octanol–water partition coefficient (Wildman–Crippen LogP) is 7.59. The van der Waals surface area contributed by atoms with Gasteiger partial charge in [-0.05, 0) is 66.7 Å². The van der Waals surface area contributed by atoms with Crippen LogP contribution in [-0.2, 0) is 0 Å². The van der Waals surface area contributed by atoms with Gasteiger partial charge in [-0.25, -0.2) is 4.98 Å². The second-order valence-corrected chi connectivity index (χ2v) is 8.18. The Labute approximate surface area is 214 Å². The topological polar surface area (TPSA) is 85.2 Å². The van der Waals surface area contributed by atoms with E-state index in [-0.39, 0.29) is 5.91 Å². The molecular formula is C30H24N4O3. The first-order valence-electron chi connectivity index (χ1n) is 11.6. The molecule has 4 aromatic carbocycles. The lowest BCUT2D eigenvalue weighted by Gasteiger charge is -2.12. The van der Waals surface area contributed by atoms with Crippen LogP contribution in [0.3, 0.4) is 0 Å². The maximum Gasteiger partial charge on any atom is 0.256 e. The fourth-order valence-electron chi connectivity index (χ4n) is 3.93. The number of para-hydroxylation sites is 1. The summed E-state index contributed by atoms with van der Waals surface area (Å²) in [6.45, 7) is 0. The third-order valence-electron chi connectivity index (χ3n) is 5.80. The summed E-state index contributed by atoms with van der Waals surface area (Å²) in [4.78, 5) is 18.2. The van der Waals surface area contributed by atoms with Gasteiger partial charge < -0.3 is 14.8 Å². The number of fused-ring (bicyclic) bond motifs is 1. The molecule has 0 spiro atoms. The number of ether oxygens (including phenoxy) is 2. The molecule has 0 bridgehead atoms. The molecule has 37 heavy (non-hydrogen) atoms. The van der Waals surface area contributed by atoms with Crippen LogP contribution in [0.25, 0.3) is 22.2 Å². The Hall–Kier alpha value is -5.04. The summed E-state index contributed by atoms with van der Waals surface area (Å²) < 4.78 is 10.8. The Morgan fingerprint density at radius 1 is 0.730 bits per heavy atom. The molecule has 0 saturated heterocycles. The molecule has 0 radical (unpaired) electrons. The number of hydrogen-bond acceptors (Lipinski definition) is 6. The smallest absolute Gasteiger partial charge is 0.256 e. The van der Waals surface area contributed by atoms with Crippen molar-refractivity contribution in [2.24, 2.45) is 10.2 Å². The summed E-state index contributed by atoms with van der Waals surface area (Å²) in [5.74, 6) is 0.973. The molecular weight excluding hydrogens is 464 g/mol. The molecule has 0 fully saturated rings. The number of anilines is 1. The SMILES string of the molecule is COc1ccc(-c2cc(C(=O)Nc3ccc(N=Nc4ccccc4)cc3)c3ccccc3n2)cc1OC. The third-order valence-corrected chi connectivity index (χ3v) is 5.80. The number of pyridine rings is 1. The fourth-order valence-corrected chi connectivity index (χ4v) is 3.93. The van der Waals surface area contributed by atoms with Gasteiger partial charge in [-0.2, -0.15) is 10.2 Å². The van der Waals surface area contributed by atoms with Gasteiger partial charge >= 0.3 is 0 Å². The van der Waals surface area contributed by atoms with Crippen LogP contribution in [-0.4, -0.2) is 25.1 Å². The van der Waals surface area contributed by atoms with Gasteiger partial charge in [0.05, 0.1) is 42.4 Å². The largest absolute Gasteiger partial charge is 0.493 e. The summed E-state index contributed by atoms with van der Waals surface area (Å²) in [6.07, 6.45) is 0. The van der Waals surface area contributed by atoms with Crippen molar-refractivity contribution in [3.63, 3.8) is 0 Å². The van der Waals surface area contributed by atoms with Gasteiger partial charge in [0.1, 0.15) is 0 Å². The maximum absolute atomic E-state index is 13.4. The number of carbonyl (C=O) groups is 1. The molecule has 0 atom stereocenters. The van der Waals surface area contributed by atoms with Gasteiger partial charge in [-0.3, -0.25) is 4.79 Å². The number of hydrogen-bond donors (Lipinski definition) is 1. The van der Waals surface area contributed by atoms with Gasteiger partial charge in [0.2, 0.25) is 0 Å². The number of amides is 1. The third kappa shape index (κ3) is 5.31. The maximum atomic E-state index is 13.4. The van der Waals surface area contributed by atoms with E-state index in [4.69, 9.17) is 14.5 Å². The number of rotatable bonds is 7. The summed E-state index contributed by atoms with van der Waals surface area (Å²) >= 11 is 0. The van der Waals surface area contributed by atoms with Crippen molar-refractivity contribution in [1.82, 2.24) is 4.98 Å². The van der Waals surface area contributed by atoms with Crippen LogP contribution >= 0.6 is 0 Å². The van der Waals surface area contributed by atoms with E-state index in [2.05, 4.69) is 15.5 Å². The van der Waals surface area contributed by atoms with Crippen LogP contribution in [0.15, 0.2) is 113 Å². The van der Waals surface area contributed by atoms with Gasteiger partial charge in [-0.1, -0.05) is 36.4 Å². The van der Waals surface area contributed by atoms with Crippen LogP contribution in [0, 0.1) is 0 Å². The minimum atomic E-state index is -0.237. The lowest BCUT2D eigenvalue weighted by molar-refractivity contribution is 0.102. The number of methoxy groups -OCH3 is 2. The summed E-state index contributed by atoms with van der Waals surface area (Å²) in [7, 11) is 3.18. The standard InChI is InChI=1S/C30H24N4O3/c1-36-28-17-12-20(18-29(28)37-2)27-19-25(24-10-6-7-11-26(24)32-27)30(35)31-21-13-15-23(16-14-21)34-33-22-8-4-3-5-9-22/h3-19H,1-2H3,(H,31,35). The predicted molar refractivity (Wildman–Crippen MR) is 145 cm³/mol. The first kappa shape index (κ1) is 23.7. The second-order valence-electron chi connectivity index (χ2n) is 8.18. The number of azo groups is 1. The Morgan fingerprint density at radius 3 is 2.14 bits per heavy atom. The molecule has 0 aliphatic carbocycles. The highest BCUT2D eigenvalue weighted by atomic mass is 16.5. The molecule has 1 aromatic heterocycles. The highest BCUT2D eigenvalue weighted by Gasteiger charge is 2.15. The van der Waals surface area contributed by atoms with Crippen LogP contribution in [0.2, 0.25) is 0 Å². The average molecular weight is 489 g/mol. The van der Waals surface area contributed by atoms with E-state index in [1.165, 1.54) is 0 Å². The molecule has 1 heterocycles. The first-order chi connectivity index (χ1) is 18.1. The van der Waals surface area contributed by atoms with Gasteiger partial charge in [0, 0.05) is 16.6 Å². The van der Waals surface area contributed by atoms with E-state index in [1.807, 2.05) is 84.9 Å². The monoisotopic (exact) mass is 488 g/mol. The summed E-state index contributed by atoms with van der Waals surface area (Å²) in [5.41, 5.74) is 4.81. The molecule has 0 aliphatic rings. The molecule has 0 unspecified atom stereocenters. The van der Waals surface area contributed by atoms with Crippen LogP contribution in [0.4, 0.5) is 17.1 Å². The Kier molecular flexibility index (Phi) is 6.85.